The van der Waals surface area contributed by atoms with E-state index < -0.39 is 0 Å². The number of carbonyl (C=O) groups is 1. The molecule has 57 heavy (non-hydrogen) atoms. The van der Waals surface area contributed by atoms with Crippen LogP contribution in [0.3, 0.4) is 0 Å². The number of allylic oxidation sites excluding steroid dienone is 2. The van der Waals surface area contributed by atoms with Gasteiger partial charge in [0.25, 0.3) is 0 Å². The van der Waals surface area contributed by atoms with Crippen LogP contribution >= 0.6 is 11.3 Å². The van der Waals surface area contributed by atoms with E-state index in [2.05, 4.69) is 151 Å². The molecule has 0 atom stereocenters. The zero-order valence-electron chi connectivity index (χ0n) is 37.8. The van der Waals surface area contributed by atoms with E-state index in [0.29, 0.717) is 5.92 Å². The van der Waals surface area contributed by atoms with Gasteiger partial charge in [-0.05, 0) is 100.0 Å². The largest absolute Gasteiger partial charge is 0.690 e. The summed E-state index contributed by atoms with van der Waals surface area (Å²) in [6.45, 7) is 32.4. The number of ketones is 1. The topological polar surface area (TPSA) is 44.1 Å². The van der Waals surface area contributed by atoms with Crippen molar-refractivity contribution in [3.05, 3.63) is 94.1 Å². The summed E-state index contributed by atoms with van der Waals surface area (Å²) in [7, 11) is 1.78. The third-order valence-corrected chi connectivity index (χ3v) is 13.6. The summed E-state index contributed by atoms with van der Waals surface area (Å²) in [5, 5.41) is 9.45. The fourth-order valence-electron chi connectivity index (χ4n) is 9.09. The summed E-state index contributed by atoms with van der Waals surface area (Å²) >= 11 is 1.96. The number of benzene rings is 3. The fourth-order valence-corrected chi connectivity index (χ4v) is 10.6. The zero-order chi connectivity index (χ0) is 41.4. The Balaban J connectivity index is 0.000000362. The number of carbonyl (C=O) groups excluding carboxylic acids is 1. The van der Waals surface area contributed by atoms with E-state index in [9.17, 15) is 4.79 Å². The number of nitrogens with zero attached hydrogens (tertiary/aromatic N) is 2. The molecule has 0 unspecified atom stereocenters. The van der Waals surface area contributed by atoms with Crippen LogP contribution in [0.5, 0.6) is 0 Å². The molecule has 0 saturated heterocycles. The first-order chi connectivity index (χ1) is 26.2. The molecule has 2 aromatic heterocycles. The molecule has 0 aliphatic heterocycles. The molecule has 1 aliphatic rings. The summed E-state index contributed by atoms with van der Waals surface area (Å²) in [4.78, 5) is 17.0. The fraction of sp³-hybridized carbons (Fsp3) is 0.538. The average Bonchev–Trinajstić information content (AvgIpc) is 3.50. The zero-order valence-corrected chi connectivity index (χ0v) is 41.1. The molecule has 311 valence electrons. The Morgan fingerprint density at radius 1 is 0.825 bits per heavy atom. The minimum Gasteiger partial charge on any atom is -0.690 e. The number of thiophene rings is 1. The molecule has 1 aliphatic carbocycles. The maximum atomic E-state index is 12.0. The van der Waals surface area contributed by atoms with Gasteiger partial charge in [0.05, 0.1) is 0 Å². The molecule has 3 aromatic carbocycles. The predicted molar refractivity (Wildman–Crippen MR) is 247 cm³/mol. The Morgan fingerprint density at radius 2 is 1.42 bits per heavy atom. The number of hydrogen-bond acceptors (Lipinski definition) is 3. The van der Waals surface area contributed by atoms with E-state index in [1.165, 1.54) is 49.5 Å². The van der Waals surface area contributed by atoms with Crippen LogP contribution in [-0.4, -0.2) is 17.8 Å². The molecule has 3 nitrogen and oxygen atoms in total. The first kappa shape index (κ1) is 46.8. The summed E-state index contributed by atoms with van der Waals surface area (Å²) in [5.74, 6) is 0.854. The smallest absolute Gasteiger partial charge is 0.157 e. The molecule has 5 heteroatoms. The van der Waals surface area contributed by atoms with Crippen molar-refractivity contribution in [1.29, 1.82) is 0 Å². The van der Waals surface area contributed by atoms with Gasteiger partial charge >= 0.3 is 0 Å². The number of hydrogen-bond donors (Lipinski definition) is 0. The molecule has 0 spiro atoms. The van der Waals surface area contributed by atoms with Crippen LogP contribution < -0.4 is 0 Å². The molecular formula is C52H70IrN2OS-2. The van der Waals surface area contributed by atoms with Crippen LogP contribution in [0.2, 0.25) is 0 Å². The molecule has 1 radical (unpaired) electrons. The van der Waals surface area contributed by atoms with Gasteiger partial charge in [0.15, 0.2) is 5.78 Å². The third-order valence-electron chi connectivity index (χ3n) is 12.4. The maximum absolute atomic E-state index is 12.0. The Morgan fingerprint density at radius 3 is 1.98 bits per heavy atom. The molecule has 0 bridgehead atoms. The number of rotatable bonds is 10. The van der Waals surface area contributed by atoms with Crippen molar-refractivity contribution in [1.82, 2.24) is 4.98 Å². The first-order valence-electron chi connectivity index (χ1n) is 21.4. The van der Waals surface area contributed by atoms with Crippen LogP contribution in [0.1, 0.15) is 158 Å². The molecule has 6 rings (SSSR count). The normalized spacial score (nSPS) is 15.4. The minimum atomic E-state index is 0. The van der Waals surface area contributed by atoms with E-state index in [0.717, 1.165) is 54.4 Å². The second-order valence-corrected chi connectivity index (χ2v) is 20.9. The van der Waals surface area contributed by atoms with Crippen LogP contribution in [0.25, 0.3) is 47.5 Å². The van der Waals surface area contributed by atoms with Crippen LogP contribution in [0.15, 0.2) is 60.4 Å². The van der Waals surface area contributed by atoms with Crippen LogP contribution in [-0.2, 0) is 47.6 Å². The minimum absolute atomic E-state index is 0. The Bertz CT molecular complexity index is 2220. The van der Waals surface area contributed by atoms with E-state index >= 15 is 0 Å². The van der Waals surface area contributed by atoms with Gasteiger partial charge in [-0.25, -0.2) is 0 Å². The van der Waals surface area contributed by atoms with Crippen LogP contribution in [0, 0.1) is 23.3 Å². The molecule has 0 N–H and O–H groups in total. The van der Waals surface area contributed by atoms with Gasteiger partial charge in [0, 0.05) is 52.7 Å². The van der Waals surface area contributed by atoms with Crippen molar-refractivity contribution in [2.24, 2.45) is 17.3 Å². The first-order valence-corrected chi connectivity index (χ1v) is 22.2. The van der Waals surface area contributed by atoms with Gasteiger partial charge in [0.2, 0.25) is 0 Å². The molecule has 0 saturated carbocycles. The molecule has 5 aromatic rings. The second-order valence-electron chi connectivity index (χ2n) is 19.9. The SMILES string of the molecule is CC(C)(C)Cc1cc2c(sc3c(-c4[c-]c5ccccc5c(C(C)(C)C)c4)nccc32)c2c1C(C)(C)CCC2(C)C.CCC(CC)C(=O)/C=C(\[N-]C)C(CC)CC.[Ir]. The van der Waals surface area contributed by atoms with Gasteiger partial charge in [-0.1, -0.05) is 139 Å². The number of pyridine rings is 1. The van der Waals surface area contributed by atoms with Gasteiger partial charge in [-0.3, -0.25) is 9.78 Å². The summed E-state index contributed by atoms with van der Waals surface area (Å²) in [6, 6.07) is 19.6. The summed E-state index contributed by atoms with van der Waals surface area (Å²) < 4.78 is 2.75. The van der Waals surface area contributed by atoms with Gasteiger partial charge in [-0.15, -0.1) is 47.5 Å². The number of aromatic nitrogens is 1. The van der Waals surface area contributed by atoms with Gasteiger partial charge < -0.3 is 5.32 Å². The van der Waals surface area contributed by atoms with E-state index in [1.807, 2.05) is 17.5 Å². The molecule has 0 fully saturated rings. The maximum Gasteiger partial charge on any atom is 0.157 e. The van der Waals surface area contributed by atoms with Crippen molar-refractivity contribution in [3.63, 3.8) is 0 Å². The molecule has 2 heterocycles. The Labute approximate surface area is 363 Å². The summed E-state index contributed by atoms with van der Waals surface area (Å²) in [5.41, 5.74) is 9.78. The van der Waals surface area contributed by atoms with E-state index in [4.69, 9.17) is 4.98 Å². The number of fused-ring (bicyclic) bond motifs is 6. The average molecular weight is 963 g/mol. The van der Waals surface area contributed by atoms with Crippen molar-refractivity contribution >= 4 is 48.1 Å². The Hall–Kier alpha value is -2.85. The van der Waals surface area contributed by atoms with Crippen molar-refractivity contribution in [2.45, 2.75) is 158 Å². The van der Waals surface area contributed by atoms with Gasteiger partial charge in [-0.2, -0.15) is 5.70 Å². The van der Waals surface area contributed by atoms with E-state index in [-0.39, 0.29) is 53.5 Å². The molecule has 0 amide bonds. The third kappa shape index (κ3) is 9.96. The van der Waals surface area contributed by atoms with Crippen molar-refractivity contribution < 1.29 is 24.9 Å². The van der Waals surface area contributed by atoms with Crippen molar-refractivity contribution in [2.75, 3.05) is 7.05 Å². The van der Waals surface area contributed by atoms with Gasteiger partial charge in [0.1, 0.15) is 0 Å². The molecular weight excluding hydrogens is 893 g/mol. The predicted octanol–water partition coefficient (Wildman–Crippen LogP) is 15.6. The van der Waals surface area contributed by atoms with Crippen molar-refractivity contribution in [3.8, 4) is 11.3 Å². The van der Waals surface area contributed by atoms with E-state index in [1.54, 1.807) is 24.3 Å². The second kappa shape index (κ2) is 18.2. The quantitative estimate of drug-likeness (QED) is 0.103. The van der Waals surface area contributed by atoms with Crippen LogP contribution in [0.4, 0.5) is 0 Å². The Kier molecular flexibility index (Phi) is 14.9. The monoisotopic (exact) mass is 963 g/mol. The summed E-state index contributed by atoms with van der Waals surface area (Å²) in [6.07, 6.45) is 11.3. The standard InChI is InChI=1S/C38H44NS.C14H27NO.Ir/c1-35(2,3)22-25-20-28-27-15-18-39-32(24-19-23-13-11-12-14-26(23)29(21-24)36(4,5)6)34(27)40-33(28)31-30(25)37(7,8)16-17-38(31,9)10;1-6-11(7-2)13(15-5)10-14(16)12(8-3)9-4;/h11-15,18,20-21H,16-17,22H2,1-10H3;10-12H,6-9H2,1-5H3,(H,15,16);/q-1;;/p-1.